The van der Waals surface area contributed by atoms with Gasteiger partial charge in [-0.25, -0.2) is 17.8 Å². The number of carbonyl (C=O) groups is 1. The maximum Gasteiger partial charge on any atom is 0.230 e. The lowest BCUT2D eigenvalue weighted by atomic mass is 10.2. The summed E-state index contributed by atoms with van der Waals surface area (Å²) in [5.41, 5.74) is 1.48. The second kappa shape index (κ2) is 9.36. The number of hydrogen-bond acceptors (Lipinski definition) is 5. The zero-order valence-corrected chi connectivity index (χ0v) is 19.1. The van der Waals surface area contributed by atoms with Gasteiger partial charge in [-0.3, -0.25) is 9.69 Å². The number of amides is 1. The SMILES string of the molecule is O=C(CCS(=O)(=O)c1ccc(F)cc1)N(Cc1ccccc1)c1nc2c(Cl)cccc2s1. The van der Waals surface area contributed by atoms with Gasteiger partial charge in [0.1, 0.15) is 11.3 Å². The smallest absolute Gasteiger partial charge is 0.230 e. The molecule has 0 saturated heterocycles. The van der Waals surface area contributed by atoms with Crippen molar-refractivity contribution < 1.29 is 17.6 Å². The van der Waals surface area contributed by atoms with Gasteiger partial charge in [0.25, 0.3) is 0 Å². The van der Waals surface area contributed by atoms with Gasteiger partial charge in [-0.05, 0) is 42.0 Å². The van der Waals surface area contributed by atoms with Crippen molar-refractivity contribution in [2.45, 2.75) is 17.9 Å². The van der Waals surface area contributed by atoms with Gasteiger partial charge in [0.05, 0.1) is 26.9 Å². The largest absolute Gasteiger partial charge is 0.284 e. The number of thiazole rings is 1. The van der Waals surface area contributed by atoms with Crippen LogP contribution in [-0.4, -0.2) is 25.1 Å². The minimum atomic E-state index is -3.74. The Labute approximate surface area is 194 Å². The summed E-state index contributed by atoms with van der Waals surface area (Å²) in [6.07, 6.45) is -0.240. The molecule has 164 valence electrons. The number of fused-ring (bicyclic) bond motifs is 1. The molecule has 0 atom stereocenters. The number of sulfone groups is 1. The summed E-state index contributed by atoms with van der Waals surface area (Å²) >= 11 is 7.57. The molecule has 0 radical (unpaired) electrons. The number of halogens is 2. The summed E-state index contributed by atoms with van der Waals surface area (Å²) in [6, 6.07) is 19.4. The van der Waals surface area contributed by atoms with E-state index in [0.717, 1.165) is 22.4 Å². The second-order valence-corrected chi connectivity index (χ2v) is 10.6. The minimum Gasteiger partial charge on any atom is -0.284 e. The molecule has 0 saturated carbocycles. The average molecular weight is 489 g/mol. The van der Waals surface area contributed by atoms with E-state index < -0.39 is 21.4 Å². The van der Waals surface area contributed by atoms with Gasteiger partial charge >= 0.3 is 0 Å². The third-order valence-electron chi connectivity index (χ3n) is 4.83. The second-order valence-electron chi connectivity index (χ2n) is 7.07. The molecule has 3 aromatic carbocycles. The van der Waals surface area contributed by atoms with Gasteiger partial charge < -0.3 is 0 Å². The van der Waals surface area contributed by atoms with Crippen LogP contribution in [0.4, 0.5) is 9.52 Å². The highest BCUT2D eigenvalue weighted by Gasteiger charge is 2.24. The highest BCUT2D eigenvalue weighted by Crippen LogP contribution is 2.34. The molecule has 0 unspecified atom stereocenters. The third kappa shape index (κ3) is 4.98. The van der Waals surface area contributed by atoms with Crippen LogP contribution in [0.1, 0.15) is 12.0 Å². The molecule has 0 bridgehead atoms. The summed E-state index contributed by atoms with van der Waals surface area (Å²) in [6.45, 7) is 0.244. The standard InChI is InChI=1S/C23H18ClFN2O3S2/c24-19-7-4-8-20-22(19)26-23(31-20)27(15-16-5-2-1-3-6-16)21(28)13-14-32(29,30)18-11-9-17(25)10-12-18/h1-12H,13-15H2. The zero-order chi connectivity index (χ0) is 22.7. The van der Waals surface area contributed by atoms with E-state index in [9.17, 15) is 17.6 Å². The first kappa shape index (κ1) is 22.4. The fourth-order valence-electron chi connectivity index (χ4n) is 3.16. The number of nitrogens with zero attached hydrogens (tertiary/aromatic N) is 2. The van der Waals surface area contributed by atoms with Crippen molar-refractivity contribution in [3.05, 3.63) is 89.2 Å². The summed E-state index contributed by atoms with van der Waals surface area (Å²) in [5.74, 6) is -1.30. The number of benzene rings is 3. The molecule has 1 heterocycles. The lowest BCUT2D eigenvalue weighted by Gasteiger charge is -2.20. The molecule has 0 spiro atoms. The highest BCUT2D eigenvalue weighted by molar-refractivity contribution is 7.91. The Morgan fingerprint density at radius 1 is 1.00 bits per heavy atom. The normalized spacial score (nSPS) is 11.6. The van der Waals surface area contributed by atoms with Crippen LogP contribution >= 0.6 is 22.9 Å². The highest BCUT2D eigenvalue weighted by atomic mass is 35.5. The van der Waals surface area contributed by atoms with Gasteiger partial charge in [-0.2, -0.15) is 0 Å². The van der Waals surface area contributed by atoms with Crippen molar-refractivity contribution in [2.24, 2.45) is 0 Å². The van der Waals surface area contributed by atoms with Gasteiger partial charge in [0.2, 0.25) is 5.91 Å². The Bertz CT molecular complexity index is 1360. The Hall–Kier alpha value is -2.81. The molecule has 0 aliphatic heterocycles. The molecule has 0 aliphatic rings. The Kier molecular flexibility index (Phi) is 6.55. The van der Waals surface area contributed by atoms with Crippen LogP contribution in [0.2, 0.25) is 5.02 Å². The first-order chi connectivity index (χ1) is 15.3. The molecule has 4 aromatic rings. The van der Waals surface area contributed by atoms with Gasteiger partial charge in [-0.1, -0.05) is 59.3 Å². The number of aromatic nitrogens is 1. The lowest BCUT2D eigenvalue weighted by Crippen LogP contribution is -2.31. The van der Waals surface area contributed by atoms with Gasteiger partial charge in [0.15, 0.2) is 15.0 Å². The lowest BCUT2D eigenvalue weighted by molar-refractivity contribution is -0.118. The molecular weight excluding hydrogens is 471 g/mol. The molecule has 9 heteroatoms. The van der Waals surface area contributed by atoms with Crippen LogP contribution in [-0.2, 0) is 21.2 Å². The Morgan fingerprint density at radius 2 is 1.72 bits per heavy atom. The Morgan fingerprint density at radius 3 is 2.41 bits per heavy atom. The molecule has 0 N–H and O–H groups in total. The van der Waals surface area contributed by atoms with E-state index >= 15 is 0 Å². The first-order valence-corrected chi connectivity index (χ1v) is 12.6. The van der Waals surface area contributed by atoms with Gasteiger partial charge in [-0.15, -0.1) is 0 Å². The maximum absolute atomic E-state index is 13.2. The topological polar surface area (TPSA) is 67.3 Å². The number of rotatable bonds is 7. The molecule has 4 rings (SSSR count). The summed E-state index contributed by atoms with van der Waals surface area (Å²) in [5, 5.41) is 0.928. The van der Waals surface area contributed by atoms with E-state index in [4.69, 9.17) is 11.6 Å². The average Bonchev–Trinajstić information content (AvgIpc) is 3.22. The molecule has 5 nitrogen and oxygen atoms in total. The van der Waals surface area contributed by atoms with Crippen LogP contribution < -0.4 is 4.90 Å². The monoisotopic (exact) mass is 488 g/mol. The van der Waals surface area contributed by atoms with Crippen molar-refractivity contribution in [3.8, 4) is 0 Å². The number of hydrogen-bond donors (Lipinski definition) is 0. The van der Waals surface area contributed by atoms with Crippen LogP contribution in [0.3, 0.4) is 0 Å². The van der Waals surface area contributed by atoms with Crippen molar-refractivity contribution in [1.29, 1.82) is 0 Å². The predicted molar refractivity (Wildman–Crippen MR) is 125 cm³/mol. The Balaban J connectivity index is 1.61. The van der Waals surface area contributed by atoms with Crippen molar-refractivity contribution in [2.75, 3.05) is 10.7 Å². The maximum atomic E-state index is 13.2. The van der Waals surface area contributed by atoms with E-state index in [-0.39, 0.29) is 23.8 Å². The quantitative estimate of drug-likeness (QED) is 0.323. The third-order valence-corrected chi connectivity index (χ3v) is 7.91. The number of carbonyl (C=O) groups excluding carboxylic acids is 1. The molecule has 32 heavy (non-hydrogen) atoms. The predicted octanol–water partition coefficient (Wildman–Crippen LogP) is 5.49. The summed E-state index contributed by atoms with van der Waals surface area (Å²) < 4.78 is 39.2. The van der Waals surface area contributed by atoms with Gasteiger partial charge in [0, 0.05) is 6.42 Å². The first-order valence-electron chi connectivity index (χ1n) is 9.71. The zero-order valence-electron chi connectivity index (χ0n) is 16.7. The molecule has 0 fully saturated rings. The van der Waals surface area contributed by atoms with E-state index in [1.165, 1.54) is 28.4 Å². The fraction of sp³-hybridized carbons (Fsp3) is 0.130. The molecule has 0 aliphatic carbocycles. The van der Waals surface area contributed by atoms with Crippen LogP contribution in [0.15, 0.2) is 77.7 Å². The van der Waals surface area contributed by atoms with Crippen molar-refractivity contribution >= 4 is 54.0 Å². The minimum absolute atomic E-state index is 0.0203. The molecule has 1 aromatic heterocycles. The van der Waals surface area contributed by atoms with Crippen molar-refractivity contribution in [1.82, 2.24) is 4.98 Å². The summed E-state index contributed by atoms with van der Waals surface area (Å²) in [7, 11) is -3.74. The molecular formula is C23H18ClFN2O3S2. The van der Waals surface area contributed by atoms with E-state index in [2.05, 4.69) is 4.98 Å². The molecule has 1 amide bonds. The van der Waals surface area contributed by atoms with Crippen LogP contribution in [0.5, 0.6) is 0 Å². The van der Waals surface area contributed by atoms with E-state index in [1.807, 2.05) is 42.5 Å². The number of anilines is 1. The number of para-hydroxylation sites is 1. The van der Waals surface area contributed by atoms with E-state index in [1.54, 1.807) is 6.07 Å². The summed E-state index contributed by atoms with van der Waals surface area (Å²) in [4.78, 5) is 19.2. The van der Waals surface area contributed by atoms with E-state index in [0.29, 0.717) is 15.7 Å². The van der Waals surface area contributed by atoms with Crippen LogP contribution in [0.25, 0.3) is 10.2 Å². The van der Waals surface area contributed by atoms with Crippen LogP contribution in [0, 0.1) is 5.82 Å². The fourth-order valence-corrected chi connectivity index (χ4v) is 5.68. The van der Waals surface area contributed by atoms with Crippen molar-refractivity contribution in [3.63, 3.8) is 0 Å².